The molecule has 0 aliphatic heterocycles. The second kappa shape index (κ2) is 10.6. The van der Waals surface area contributed by atoms with E-state index in [1.165, 1.54) is 25.7 Å². The molecule has 0 fully saturated rings. The van der Waals surface area contributed by atoms with Gasteiger partial charge >= 0.3 is 0 Å². The molecule has 0 aliphatic carbocycles. The van der Waals surface area contributed by atoms with Crippen molar-refractivity contribution in [3.8, 4) is 0 Å². The van der Waals surface area contributed by atoms with Crippen molar-refractivity contribution in [3.63, 3.8) is 0 Å². The summed E-state index contributed by atoms with van der Waals surface area (Å²) in [5.74, 6) is 0.753. The Hall–Kier alpha value is -0.530. The lowest BCUT2D eigenvalue weighted by atomic mass is 9.98. The zero-order chi connectivity index (χ0) is 11.6. The molecule has 14 heavy (non-hydrogen) atoms. The van der Waals surface area contributed by atoms with E-state index in [1.54, 1.807) is 0 Å². The standard InChI is InChI=1S/C10H22.C2H4O2/c1-5-10(4)8-6-7-9(2)3;1-2(3)4/h9-10H,5-8H2,1-4H3;1H3,(H,3,4)/p-1. The quantitative estimate of drug-likeness (QED) is 0.686. The van der Waals surface area contributed by atoms with Crippen molar-refractivity contribution in [1.29, 1.82) is 0 Å². The van der Waals surface area contributed by atoms with Crippen molar-refractivity contribution < 1.29 is 9.90 Å². The summed E-state index contributed by atoms with van der Waals surface area (Å²) in [6, 6.07) is 0. The van der Waals surface area contributed by atoms with Gasteiger partial charge < -0.3 is 9.90 Å². The molecule has 0 saturated carbocycles. The van der Waals surface area contributed by atoms with Crippen molar-refractivity contribution in [1.82, 2.24) is 0 Å². The zero-order valence-corrected chi connectivity index (χ0v) is 10.3. The maximum absolute atomic E-state index is 8.89. The molecule has 0 aliphatic rings. The van der Waals surface area contributed by atoms with E-state index in [-0.39, 0.29) is 0 Å². The highest BCUT2D eigenvalue weighted by Gasteiger charge is 1.99. The average molecular weight is 201 g/mol. The molecule has 1 atom stereocenters. The maximum atomic E-state index is 8.89. The lowest BCUT2D eigenvalue weighted by molar-refractivity contribution is -0.302. The fourth-order valence-corrected chi connectivity index (χ4v) is 1.08. The number of carboxylic acids is 1. The molecule has 0 rings (SSSR count). The highest BCUT2D eigenvalue weighted by molar-refractivity contribution is 5.60. The molecule has 0 radical (unpaired) electrons. The molecule has 2 heteroatoms. The smallest absolute Gasteiger partial charge is 0.0383 e. The van der Waals surface area contributed by atoms with E-state index >= 15 is 0 Å². The molecule has 0 spiro atoms. The number of carbonyl (C=O) groups is 1. The highest BCUT2D eigenvalue weighted by Crippen LogP contribution is 2.14. The molecule has 2 nitrogen and oxygen atoms in total. The summed E-state index contributed by atoms with van der Waals surface area (Å²) in [5, 5.41) is 8.89. The average Bonchev–Trinajstić information content (AvgIpc) is 2.02. The van der Waals surface area contributed by atoms with Gasteiger partial charge in [0.2, 0.25) is 0 Å². The summed E-state index contributed by atoms with van der Waals surface area (Å²) < 4.78 is 0. The summed E-state index contributed by atoms with van der Waals surface area (Å²) in [6.07, 6.45) is 5.60. The van der Waals surface area contributed by atoms with Crippen LogP contribution in [0.15, 0.2) is 0 Å². The lowest BCUT2D eigenvalue weighted by Crippen LogP contribution is -2.16. The Labute approximate surface area is 88.7 Å². The Kier molecular flexibility index (Phi) is 12.0. The fourth-order valence-electron chi connectivity index (χ4n) is 1.08. The van der Waals surface area contributed by atoms with E-state index in [0.717, 1.165) is 18.8 Å². The molecule has 0 amide bonds. The van der Waals surface area contributed by atoms with Crippen molar-refractivity contribution in [2.45, 2.75) is 60.3 Å². The van der Waals surface area contributed by atoms with Crippen LogP contribution in [-0.4, -0.2) is 5.97 Å². The van der Waals surface area contributed by atoms with Crippen LogP contribution in [0.4, 0.5) is 0 Å². The van der Waals surface area contributed by atoms with Crippen molar-refractivity contribution in [3.05, 3.63) is 0 Å². The van der Waals surface area contributed by atoms with Gasteiger partial charge in [-0.15, -0.1) is 0 Å². The second-order valence-corrected chi connectivity index (χ2v) is 4.33. The summed E-state index contributed by atoms with van der Waals surface area (Å²) in [5.41, 5.74) is 0. The molecule has 0 bridgehead atoms. The van der Waals surface area contributed by atoms with Gasteiger partial charge in [0.25, 0.3) is 0 Å². The molecule has 0 aromatic rings. The van der Waals surface area contributed by atoms with Crippen LogP contribution < -0.4 is 5.11 Å². The van der Waals surface area contributed by atoms with E-state index in [4.69, 9.17) is 9.90 Å². The molecular weight excluding hydrogens is 176 g/mol. The molecular formula is C12H25O2-. The summed E-state index contributed by atoms with van der Waals surface area (Å²) in [6.45, 7) is 10.2. The third kappa shape index (κ3) is 22.5. The number of hydrogen-bond acceptors (Lipinski definition) is 2. The molecule has 86 valence electrons. The van der Waals surface area contributed by atoms with Crippen LogP contribution in [0.3, 0.4) is 0 Å². The minimum absolute atomic E-state index is 0.893. The number of carboxylic acid groups (broad SMARTS) is 1. The lowest BCUT2D eigenvalue weighted by Gasteiger charge is -2.08. The van der Waals surface area contributed by atoms with Crippen molar-refractivity contribution in [2.24, 2.45) is 11.8 Å². The highest BCUT2D eigenvalue weighted by atomic mass is 16.4. The van der Waals surface area contributed by atoms with Gasteiger partial charge in [0.15, 0.2) is 0 Å². The topological polar surface area (TPSA) is 40.1 Å². The molecule has 0 aromatic carbocycles. The first kappa shape index (κ1) is 15.9. The first-order chi connectivity index (χ1) is 6.40. The Morgan fingerprint density at radius 1 is 1.21 bits per heavy atom. The van der Waals surface area contributed by atoms with Gasteiger partial charge in [-0.1, -0.05) is 53.4 Å². The van der Waals surface area contributed by atoms with Gasteiger partial charge in [0.05, 0.1) is 0 Å². The van der Waals surface area contributed by atoms with E-state index in [9.17, 15) is 0 Å². The van der Waals surface area contributed by atoms with Crippen LogP contribution in [0.5, 0.6) is 0 Å². The summed E-state index contributed by atoms with van der Waals surface area (Å²) >= 11 is 0. The Morgan fingerprint density at radius 2 is 1.64 bits per heavy atom. The fraction of sp³-hybridized carbons (Fsp3) is 0.917. The normalized spacial score (nSPS) is 11.9. The van der Waals surface area contributed by atoms with E-state index in [1.807, 2.05) is 0 Å². The number of rotatable bonds is 5. The SMILES string of the molecule is CC(=O)[O-].CCC(C)CCCC(C)C. The summed E-state index contributed by atoms with van der Waals surface area (Å²) in [7, 11) is 0. The van der Waals surface area contributed by atoms with Crippen LogP contribution >= 0.6 is 0 Å². The van der Waals surface area contributed by atoms with Crippen LogP contribution in [0, 0.1) is 11.8 Å². The minimum Gasteiger partial charge on any atom is -0.550 e. The van der Waals surface area contributed by atoms with Crippen LogP contribution in [0.1, 0.15) is 60.3 Å². The Bertz CT molecular complexity index is 126. The van der Waals surface area contributed by atoms with Gasteiger partial charge in [-0.05, 0) is 18.8 Å². The molecule has 0 saturated heterocycles. The maximum Gasteiger partial charge on any atom is 0.0383 e. The molecule has 0 N–H and O–H groups in total. The van der Waals surface area contributed by atoms with Crippen molar-refractivity contribution >= 4 is 5.97 Å². The number of aliphatic carboxylic acids is 1. The van der Waals surface area contributed by atoms with E-state index in [0.29, 0.717) is 0 Å². The van der Waals surface area contributed by atoms with Gasteiger partial charge in [-0.2, -0.15) is 0 Å². The Morgan fingerprint density at radius 3 is 1.93 bits per heavy atom. The molecule has 0 heterocycles. The molecule has 1 unspecified atom stereocenters. The monoisotopic (exact) mass is 201 g/mol. The zero-order valence-electron chi connectivity index (χ0n) is 10.3. The minimum atomic E-state index is -1.08. The third-order valence-corrected chi connectivity index (χ3v) is 2.18. The first-order valence-electron chi connectivity index (χ1n) is 5.57. The number of hydrogen-bond donors (Lipinski definition) is 0. The predicted molar refractivity (Wildman–Crippen MR) is 58.8 cm³/mol. The second-order valence-electron chi connectivity index (χ2n) is 4.33. The van der Waals surface area contributed by atoms with Crippen molar-refractivity contribution in [2.75, 3.05) is 0 Å². The van der Waals surface area contributed by atoms with Gasteiger partial charge in [0.1, 0.15) is 0 Å². The Balaban J connectivity index is 0. The van der Waals surface area contributed by atoms with Gasteiger partial charge in [0, 0.05) is 5.97 Å². The van der Waals surface area contributed by atoms with E-state index in [2.05, 4.69) is 27.7 Å². The van der Waals surface area contributed by atoms with Crippen LogP contribution in [-0.2, 0) is 4.79 Å². The van der Waals surface area contributed by atoms with Crippen LogP contribution in [0.25, 0.3) is 0 Å². The van der Waals surface area contributed by atoms with E-state index < -0.39 is 5.97 Å². The number of carbonyl (C=O) groups excluding carboxylic acids is 1. The van der Waals surface area contributed by atoms with Gasteiger partial charge in [-0.25, -0.2) is 0 Å². The first-order valence-corrected chi connectivity index (χ1v) is 5.57. The molecule has 0 aromatic heterocycles. The largest absolute Gasteiger partial charge is 0.550 e. The predicted octanol–water partition coefficient (Wildman–Crippen LogP) is 2.62. The summed E-state index contributed by atoms with van der Waals surface area (Å²) in [4.78, 5) is 8.89. The van der Waals surface area contributed by atoms with Gasteiger partial charge in [-0.3, -0.25) is 0 Å². The third-order valence-electron chi connectivity index (χ3n) is 2.18. The van der Waals surface area contributed by atoms with Crippen LogP contribution in [0.2, 0.25) is 0 Å².